The van der Waals surface area contributed by atoms with E-state index in [9.17, 15) is 30.6 Å². The van der Waals surface area contributed by atoms with Crippen LogP contribution in [0.3, 0.4) is 0 Å². The fraction of sp³-hybridized carbons (Fsp3) is 0.0909. The van der Waals surface area contributed by atoms with Crippen LogP contribution >= 0.6 is 0 Å². The molecular formula is C66H57N6O13Yb2+. The van der Waals surface area contributed by atoms with Crippen LogP contribution in [-0.4, -0.2) is 79.9 Å². The summed E-state index contributed by atoms with van der Waals surface area (Å²) >= 11 is 0. The SMILES string of the molecule is COc1cccc(C=Nc2ccccc2N=Cc2cccc(OC)c2[O-])c1[O-].COc1cccc(C=Nc2ccccc2N=Cc2cccc(OC)c2[O-])c1[O-].COc1cccc(C=Nc2ccccc2N=Cc2cccc(OC)c2[O-])c1[O-].[OH3+].[Yb+3].[Yb+3]. The number of benzene rings is 9. The molecular weight excluding hydrogens is 1430 g/mol. The molecule has 0 spiro atoms. The molecule has 2 radical (unpaired) electrons. The Labute approximate surface area is 580 Å². The molecule has 0 aliphatic heterocycles. The van der Waals surface area contributed by atoms with E-state index in [4.69, 9.17) is 28.4 Å². The molecule has 0 saturated heterocycles. The fourth-order valence-electron chi connectivity index (χ4n) is 7.65. The summed E-state index contributed by atoms with van der Waals surface area (Å²) in [7, 11) is 8.69. The summed E-state index contributed by atoms with van der Waals surface area (Å²) in [6.07, 6.45) is 8.86. The predicted octanol–water partition coefficient (Wildman–Crippen LogP) is 9.13. The predicted molar refractivity (Wildman–Crippen MR) is 322 cm³/mol. The average molecular weight is 1490 g/mol. The van der Waals surface area contributed by atoms with Gasteiger partial charge in [-0.3, -0.25) is 30.0 Å². The van der Waals surface area contributed by atoms with Crippen molar-refractivity contribution < 1.29 is 158 Å². The van der Waals surface area contributed by atoms with Gasteiger partial charge in [-0.15, -0.1) is 0 Å². The number of methoxy groups -OCH3 is 6. The smallest absolute Gasteiger partial charge is 0.870 e. The summed E-state index contributed by atoms with van der Waals surface area (Å²) < 4.78 is 30.2. The van der Waals surface area contributed by atoms with E-state index in [1.165, 1.54) is 79.9 Å². The number of para-hydroxylation sites is 12. The van der Waals surface area contributed by atoms with E-state index < -0.39 is 0 Å². The number of nitrogens with zero attached hydrogens (tertiary/aromatic N) is 6. The first-order chi connectivity index (χ1) is 40.9. The number of hydrogen-bond donors (Lipinski definition) is 0. The van der Waals surface area contributed by atoms with Crippen molar-refractivity contribution in [1.82, 2.24) is 0 Å². The Bertz CT molecular complexity index is 3250. The minimum absolute atomic E-state index is 0. The van der Waals surface area contributed by atoms with E-state index in [0.29, 0.717) is 67.5 Å². The van der Waals surface area contributed by atoms with Crippen LogP contribution in [0.4, 0.5) is 34.1 Å². The maximum Gasteiger partial charge on any atom is 3.00 e. The van der Waals surface area contributed by atoms with Gasteiger partial charge in [0.1, 0.15) is 34.5 Å². The van der Waals surface area contributed by atoms with Crippen molar-refractivity contribution in [3.63, 3.8) is 0 Å². The van der Waals surface area contributed by atoms with Crippen LogP contribution in [0, 0.1) is 93.8 Å². The molecule has 21 heteroatoms. The summed E-state index contributed by atoms with van der Waals surface area (Å²) in [5.74, 6) is 0.158. The van der Waals surface area contributed by atoms with E-state index in [1.54, 1.807) is 146 Å². The number of aliphatic imine (C=N–C) groups is 6. The molecule has 0 heterocycles. The Morgan fingerprint density at radius 2 is 0.368 bits per heavy atom. The fourth-order valence-corrected chi connectivity index (χ4v) is 7.65. The van der Waals surface area contributed by atoms with Gasteiger partial charge in [0.25, 0.3) is 0 Å². The van der Waals surface area contributed by atoms with Gasteiger partial charge in [-0.05, 0) is 106 Å². The largest absolute Gasteiger partial charge is 3.00 e. The number of hydrogen-bond acceptors (Lipinski definition) is 18. The minimum Gasteiger partial charge on any atom is -0.870 e. The Morgan fingerprint density at radius 3 is 0.494 bits per heavy atom. The van der Waals surface area contributed by atoms with Gasteiger partial charge in [0.05, 0.1) is 76.8 Å². The first-order valence-electron chi connectivity index (χ1n) is 25.5. The van der Waals surface area contributed by atoms with E-state index in [0.717, 1.165) is 0 Å². The van der Waals surface area contributed by atoms with Crippen molar-refractivity contribution in [1.29, 1.82) is 0 Å². The third kappa shape index (κ3) is 19.6. The standard InChI is InChI=1S/3C22H20N2O4.H2O.2Yb/c3*1-27-19-11-5-7-15(21(19)25)13-23-17-9-3-4-10-18(17)24-14-16-8-6-12-20(28-2)22(16)26;;;/h3*3-14,25-26H,1-2H3;1H2;;/q;;;;2*+3/p-5. The summed E-state index contributed by atoms with van der Waals surface area (Å²) in [5.41, 5.74) is 5.86. The molecule has 9 rings (SSSR count). The Hall–Kier alpha value is -8.40. The van der Waals surface area contributed by atoms with E-state index in [1.807, 2.05) is 36.4 Å². The van der Waals surface area contributed by atoms with Gasteiger partial charge < -0.3 is 64.5 Å². The van der Waals surface area contributed by atoms with Gasteiger partial charge in [-0.25, -0.2) is 0 Å². The average Bonchev–Trinajstić information content (AvgIpc) is 3.68. The Morgan fingerprint density at radius 1 is 0.230 bits per heavy atom. The van der Waals surface area contributed by atoms with Crippen molar-refractivity contribution in [2.75, 3.05) is 42.7 Å². The Balaban J connectivity index is 0.000000275. The Kier molecular flexibility index (Phi) is 29.9. The van der Waals surface area contributed by atoms with Crippen LogP contribution in [-0.2, 0) is 5.48 Å². The normalized spacial score (nSPS) is 10.8. The molecule has 0 amide bonds. The summed E-state index contributed by atoms with van der Waals surface area (Å²) in [6.45, 7) is 0. The summed E-state index contributed by atoms with van der Waals surface area (Å²) in [6, 6.07) is 51.6. The second kappa shape index (κ2) is 36.6. The van der Waals surface area contributed by atoms with Gasteiger partial charge in [0.2, 0.25) is 0 Å². The van der Waals surface area contributed by atoms with Crippen LogP contribution in [0.1, 0.15) is 33.4 Å². The first kappa shape index (κ1) is 71.1. The monoisotopic (exact) mass is 1490 g/mol. The van der Waals surface area contributed by atoms with Crippen molar-refractivity contribution in [3.8, 4) is 69.0 Å². The molecule has 0 bridgehead atoms. The van der Waals surface area contributed by atoms with E-state index in [2.05, 4.69) is 30.0 Å². The maximum absolute atomic E-state index is 12.2. The van der Waals surface area contributed by atoms with Crippen molar-refractivity contribution >= 4 is 71.4 Å². The molecule has 0 unspecified atom stereocenters. The minimum atomic E-state index is -0.234. The van der Waals surface area contributed by atoms with Crippen molar-refractivity contribution in [2.24, 2.45) is 30.0 Å². The molecule has 0 aliphatic rings. The van der Waals surface area contributed by atoms with E-state index in [-0.39, 0.29) is 168 Å². The van der Waals surface area contributed by atoms with Gasteiger partial charge in [0, 0.05) is 37.3 Å². The third-order valence-corrected chi connectivity index (χ3v) is 12.1. The molecule has 9 aromatic carbocycles. The van der Waals surface area contributed by atoms with Crippen LogP contribution in [0.25, 0.3) is 0 Å². The molecule has 0 saturated carbocycles. The number of rotatable bonds is 18. The molecule has 19 nitrogen and oxygen atoms in total. The second-order valence-electron chi connectivity index (χ2n) is 17.3. The zero-order valence-corrected chi connectivity index (χ0v) is 50.9. The molecule has 9 aromatic rings. The van der Waals surface area contributed by atoms with Gasteiger partial charge in [-0.2, -0.15) is 0 Å². The zero-order chi connectivity index (χ0) is 59.8. The van der Waals surface area contributed by atoms with Gasteiger partial charge in [0.15, 0.2) is 0 Å². The maximum atomic E-state index is 12.2. The number of ether oxygens (including phenoxy) is 6. The van der Waals surface area contributed by atoms with Crippen LogP contribution in [0.15, 0.2) is 212 Å². The topological polar surface area (TPSA) is 301 Å². The van der Waals surface area contributed by atoms with Crippen molar-refractivity contribution in [3.05, 3.63) is 215 Å². The first-order valence-corrected chi connectivity index (χ1v) is 25.5. The third-order valence-electron chi connectivity index (χ3n) is 12.1. The zero-order valence-electron chi connectivity index (χ0n) is 47.5. The molecule has 0 fully saturated rings. The van der Waals surface area contributed by atoms with Crippen molar-refractivity contribution in [2.45, 2.75) is 0 Å². The van der Waals surface area contributed by atoms with Crippen LogP contribution in [0.2, 0.25) is 0 Å². The molecule has 87 heavy (non-hydrogen) atoms. The molecule has 3 N–H and O–H groups in total. The van der Waals surface area contributed by atoms with Crippen LogP contribution in [0.5, 0.6) is 69.0 Å². The summed E-state index contributed by atoms with van der Waals surface area (Å²) in [4.78, 5) is 26.3. The molecule has 456 valence electrons. The summed E-state index contributed by atoms with van der Waals surface area (Å²) in [5, 5.41) is 73.3. The van der Waals surface area contributed by atoms with Crippen LogP contribution < -0.4 is 59.1 Å². The quantitative estimate of drug-likeness (QED) is 0.0574. The molecule has 0 aliphatic carbocycles. The second-order valence-corrected chi connectivity index (χ2v) is 17.3. The van der Waals surface area contributed by atoms with E-state index >= 15 is 0 Å². The molecule has 0 atom stereocenters. The van der Waals surface area contributed by atoms with Gasteiger partial charge in [-0.1, -0.05) is 144 Å². The molecule has 0 aromatic heterocycles. The van der Waals surface area contributed by atoms with Gasteiger partial charge >= 0.3 is 93.8 Å².